The molecule has 1 aromatic carbocycles. The van der Waals surface area contributed by atoms with E-state index in [1.165, 1.54) is 17.4 Å². The lowest BCUT2D eigenvalue weighted by atomic mass is 10.0. The number of aryl methyl sites for hydroxylation is 1. The third-order valence-electron chi connectivity index (χ3n) is 3.92. The maximum absolute atomic E-state index is 13.0. The van der Waals surface area contributed by atoms with Crippen molar-refractivity contribution in [2.45, 2.75) is 19.4 Å². The van der Waals surface area contributed by atoms with Gasteiger partial charge < -0.3 is 10.4 Å². The van der Waals surface area contributed by atoms with Gasteiger partial charge in [0.2, 0.25) is 0 Å². The number of carbonyl (C=O) groups excluding carboxylic acids is 1. The third-order valence-corrected chi connectivity index (χ3v) is 5.43. The molecule has 3 aromatic rings. The second-order valence-electron chi connectivity index (χ2n) is 6.14. The van der Waals surface area contributed by atoms with E-state index in [0.717, 1.165) is 12.4 Å². The van der Waals surface area contributed by atoms with Gasteiger partial charge in [-0.3, -0.25) is 4.79 Å². The van der Waals surface area contributed by atoms with Crippen LogP contribution in [-0.4, -0.2) is 32.5 Å². The molecule has 3 rings (SSSR count). The minimum absolute atomic E-state index is 0.0114. The minimum Gasteiger partial charge on any atom is -0.383 e. The SMILES string of the molecule is Cc1ncsc1C(C)(O)CNC(=O)c1cc(-c2ncc(F)cn2)ccc1Cl. The molecule has 0 fully saturated rings. The molecule has 0 saturated carbocycles. The van der Waals surface area contributed by atoms with Gasteiger partial charge >= 0.3 is 0 Å². The molecule has 2 heterocycles. The van der Waals surface area contributed by atoms with Gasteiger partial charge in [0.1, 0.15) is 5.60 Å². The quantitative estimate of drug-likeness (QED) is 0.678. The molecule has 6 nitrogen and oxygen atoms in total. The zero-order valence-corrected chi connectivity index (χ0v) is 16.1. The number of thiazole rings is 1. The molecule has 0 radical (unpaired) electrons. The average Bonchev–Trinajstić information content (AvgIpc) is 3.08. The lowest BCUT2D eigenvalue weighted by molar-refractivity contribution is 0.0550. The van der Waals surface area contributed by atoms with Crippen molar-refractivity contribution in [1.29, 1.82) is 0 Å². The Morgan fingerprint density at radius 1 is 1.33 bits per heavy atom. The fraction of sp³-hybridized carbons (Fsp3) is 0.222. The topological polar surface area (TPSA) is 88.0 Å². The van der Waals surface area contributed by atoms with Crippen molar-refractivity contribution in [2.75, 3.05) is 6.54 Å². The summed E-state index contributed by atoms with van der Waals surface area (Å²) in [5.41, 5.74) is 1.83. The van der Waals surface area contributed by atoms with Crippen LogP contribution in [-0.2, 0) is 5.60 Å². The van der Waals surface area contributed by atoms with E-state index in [4.69, 9.17) is 11.6 Å². The van der Waals surface area contributed by atoms with Crippen molar-refractivity contribution in [1.82, 2.24) is 20.3 Å². The molecule has 0 spiro atoms. The highest BCUT2D eigenvalue weighted by atomic mass is 35.5. The second-order valence-corrected chi connectivity index (χ2v) is 7.40. The van der Waals surface area contributed by atoms with Gasteiger partial charge in [0.05, 0.1) is 45.6 Å². The molecule has 0 bridgehead atoms. The predicted octanol–water partition coefficient (Wildman–Crippen LogP) is 3.34. The lowest BCUT2D eigenvalue weighted by Crippen LogP contribution is -2.38. The monoisotopic (exact) mass is 406 g/mol. The number of nitrogens with one attached hydrogen (secondary N) is 1. The van der Waals surface area contributed by atoms with E-state index >= 15 is 0 Å². The van der Waals surface area contributed by atoms with E-state index in [2.05, 4.69) is 20.3 Å². The van der Waals surface area contributed by atoms with Gasteiger partial charge in [0, 0.05) is 5.56 Å². The van der Waals surface area contributed by atoms with Crippen LogP contribution in [0.5, 0.6) is 0 Å². The molecule has 0 aliphatic heterocycles. The Morgan fingerprint density at radius 3 is 2.67 bits per heavy atom. The number of nitrogens with zero attached hydrogens (tertiary/aromatic N) is 3. The number of aromatic nitrogens is 3. The van der Waals surface area contributed by atoms with Gasteiger partial charge in [0.25, 0.3) is 5.91 Å². The van der Waals surface area contributed by atoms with Crippen LogP contribution >= 0.6 is 22.9 Å². The van der Waals surface area contributed by atoms with Crippen molar-refractivity contribution < 1.29 is 14.3 Å². The lowest BCUT2D eigenvalue weighted by Gasteiger charge is -2.23. The molecule has 9 heteroatoms. The average molecular weight is 407 g/mol. The molecule has 2 N–H and O–H groups in total. The van der Waals surface area contributed by atoms with Crippen LogP contribution in [0.4, 0.5) is 4.39 Å². The maximum Gasteiger partial charge on any atom is 0.252 e. The van der Waals surface area contributed by atoms with Crippen LogP contribution in [0.1, 0.15) is 27.9 Å². The summed E-state index contributed by atoms with van der Waals surface area (Å²) in [6.07, 6.45) is 2.09. The number of rotatable bonds is 5. The van der Waals surface area contributed by atoms with Crippen molar-refractivity contribution in [3.05, 3.63) is 63.1 Å². The minimum atomic E-state index is -1.26. The van der Waals surface area contributed by atoms with E-state index in [0.29, 0.717) is 16.1 Å². The number of carbonyl (C=O) groups is 1. The predicted molar refractivity (Wildman–Crippen MR) is 101 cm³/mol. The number of amides is 1. The number of hydrogen-bond acceptors (Lipinski definition) is 6. The summed E-state index contributed by atoms with van der Waals surface area (Å²) in [7, 11) is 0. The van der Waals surface area contributed by atoms with Gasteiger partial charge in [-0.05, 0) is 32.0 Å². The van der Waals surface area contributed by atoms with Gasteiger partial charge in [-0.15, -0.1) is 11.3 Å². The summed E-state index contributed by atoms with van der Waals surface area (Å²) in [5.74, 6) is -0.730. The molecule has 0 aliphatic carbocycles. The Hall–Kier alpha value is -2.42. The van der Waals surface area contributed by atoms with E-state index in [9.17, 15) is 14.3 Å². The number of aliphatic hydroxyl groups is 1. The van der Waals surface area contributed by atoms with Crippen LogP contribution in [0.25, 0.3) is 11.4 Å². The molecule has 0 saturated heterocycles. The Balaban J connectivity index is 1.79. The van der Waals surface area contributed by atoms with Crippen molar-refractivity contribution in [2.24, 2.45) is 0 Å². The highest BCUT2D eigenvalue weighted by molar-refractivity contribution is 7.09. The second kappa shape index (κ2) is 7.67. The fourth-order valence-corrected chi connectivity index (χ4v) is 3.62. The Kier molecular flexibility index (Phi) is 5.50. The Morgan fingerprint density at radius 2 is 2.04 bits per heavy atom. The van der Waals surface area contributed by atoms with Gasteiger partial charge in [0.15, 0.2) is 11.6 Å². The third kappa shape index (κ3) is 4.29. The normalized spacial score (nSPS) is 13.2. The molecule has 27 heavy (non-hydrogen) atoms. The molecule has 0 aliphatic rings. The Bertz CT molecular complexity index is 976. The zero-order chi connectivity index (χ0) is 19.6. The van der Waals surface area contributed by atoms with Gasteiger partial charge in [-0.2, -0.15) is 0 Å². The van der Waals surface area contributed by atoms with Crippen LogP contribution in [0.3, 0.4) is 0 Å². The molecular weight excluding hydrogens is 391 g/mol. The Labute approximate surface area is 164 Å². The van der Waals surface area contributed by atoms with Crippen molar-refractivity contribution in [3.8, 4) is 11.4 Å². The summed E-state index contributed by atoms with van der Waals surface area (Å²) in [6, 6.07) is 4.71. The standard InChI is InChI=1S/C18H16ClFN4O2S/c1-10-15(27-9-24-10)18(2,26)8-23-17(25)13-5-11(3-4-14(13)19)16-21-6-12(20)7-22-16/h3-7,9,26H,8H2,1-2H3,(H,23,25). The molecular formula is C18H16ClFN4O2S. The highest BCUT2D eigenvalue weighted by Crippen LogP contribution is 2.27. The first-order chi connectivity index (χ1) is 12.8. The molecule has 1 atom stereocenters. The molecule has 140 valence electrons. The smallest absolute Gasteiger partial charge is 0.252 e. The van der Waals surface area contributed by atoms with E-state index < -0.39 is 17.3 Å². The van der Waals surface area contributed by atoms with Crippen molar-refractivity contribution >= 4 is 28.8 Å². The zero-order valence-electron chi connectivity index (χ0n) is 14.5. The van der Waals surface area contributed by atoms with E-state index in [1.807, 2.05) is 0 Å². The summed E-state index contributed by atoms with van der Waals surface area (Å²) >= 11 is 7.47. The van der Waals surface area contributed by atoms with E-state index in [-0.39, 0.29) is 23.0 Å². The first-order valence-electron chi connectivity index (χ1n) is 7.96. The van der Waals surface area contributed by atoms with Crippen LogP contribution in [0, 0.1) is 12.7 Å². The summed E-state index contributed by atoms with van der Waals surface area (Å²) in [4.78, 5) is 25.2. The number of halogens is 2. The fourth-order valence-electron chi connectivity index (χ4n) is 2.55. The maximum atomic E-state index is 13.0. The van der Waals surface area contributed by atoms with Crippen LogP contribution in [0.2, 0.25) is 5.02 Å². The highest BCUT2D eigenvalue weighted by Gasteiger charge is 2.28. The first kappa shape index (κ1) is 19.3. The van der Waals surface area contributed by atoms with Crippen LogP contribution < -0.4 is 5.32 Å². The van der Waals surface area contributed by atoms with Crippen molar-refractivity contribution in [3.63, 3.8) is 0 Å². The van der Waals surface area contributed by atoms with Gasteiger partial charge in [-0.1, -0.05) is 11.6 Å². The first-order valence-corrected chi connectivity index (χ1v) is 9.22. The van der Waals surface area contributed by atoms with Gasteiger partial charge in [-0.25, -0.2) is 19.3 Å². The van der Waals surface area contributed by atoms with Crippen LogP contribution in [0.15, 0.2) is 36.1 Å². The number of benzene rings is 1. The molecule has 2 aromatic heterocycles. The molecule has 1 unspecified atom stereocenters. The van der Waals surface area contributed by atoms with E-state index in [1.54, 1.807) is 31.5 Å². The summed E-state index contributed by atoms with van der Waals surface area (Å²) in [5, 5.41) is 13.6. The molecule has 1 amide bonds. The summed E-state index contributed by atoms with van der Waals surface area (Å²) in [6.45, 7) is 3.39. The largest absolute Gasteiger partial charge is 0.383 e. The number of hydrogen-bond donors (Lipinski definition) is 2. The summed E-state index contributed by atoms with van der Waals surface area (Å²) < 4.78 is 13.0.